The third kappa shape index (κ3) is 4.02. The molecule has 0 unspecified atom stereocenters. The lowest BCUT2D eigenvalue weighted by molar-refractivity contribution is 0.0939. The summed E-state index contributed by atoms with van der Waals surface area (Å²) < 4.78 is 24.5. The van der Waals surface area contributed by atoms with Crippen LogP contribution in [-0.2, 0) is 10.0 Å². The van der Waals surface area contributed by atoms with Crippen LogP contribution in [0.1, 0.15) is 24.2 Å². The van der Waals surface area contributed by atoms with E-state index < -0.39 is 10.0 Å². The Balaban J connectivity index is 3.15. The Labute approximate surface area is 106 Å². The quantitative estimate of drug-likeness (QED) is 0.859. The van der Waals surface area contributed by atoms with Crippen molar-refractivity contribution < 1.29 is 13.2 Å². The van der Waals surface area contributed by atoms with Gasteiger partial charge in [-0.1, -0.05) is 25.4 Å². The molecule has 0 spiro atoms. The maximum atomic E-state index is 11.8. The van der Waals surface area contributed by atoms with Crippen LogP contribution < -0.4 is 4.72 Å². The number of halogens is 1. The smallest absolute Gasteiger partial charge is 0.229 e. The number of carbonyl (C=O) groups is 1. The van der Waals surface area contributed by atoms with Crippen LogP contribution in [0, 0.1) is 5.92 Å². The van der Waals surface area contributed by atoms with Crippen LogP contribution in [0.2, 0.25) is 5.02 Å². The Hall–Kier alpha value is -1.07. The first-order valence-corrected chi connectivity index (χ1v) is 7.29. The highest BCUT2D eigenvalue weighted by Crippen LogP contribution is 2.25. The normalized spacial score (nSPS) is 11.6. The van der Waals surface area contributed by atoms with E-state index >= 15 is 0 Å². The molecule has 0 aliphatic rings. The summed E-state index contributed by atoms with van der Waals surface area (Å²) in [5.41, 5.74) is 0.663. The van der Waals surface area contributed by atoms with Gasteiger partial charge in [0.25, 0.3) is 0 Å². The topological polar surface area (TPSA) is 63.2 Å². The molecule has 0 radical (unpaired) electrons. The summed E-state index contributed by atoms with van der Waals surface area (Å²) in [4.78, 5) is 11.8. The van der Waals surface area contributed by atoms with Gasteiger partial charge in [-0.3, -0.25) is 9.52 Å². The van der Waals surface area contributed by atoms with Gasteiger partial charge in [-0.2, -0.15) is 0 Å². The number of benzene rings is 1. The van der Waals surface area contributed by atoms with Crippen molar-refractivity contribution in [2.45, 2.75) is 13.8 Å². The molecule has 94 valence electrons. The molecule has 1 rings (SSSR count). The van der Waals surface area contributed by atoms with Crippen molar-refractivity contribution in [2.24, 2.45) is 5.92 Å². The Kier molecular flexibility index (Phi) is 4.16. The lowest BCUT2D eigenvalue weighted by atomic mass is 10.0. The predicted molar refractivity (Wildman–Crippen MR) is 69.1 cm³/mol. The van der Waals surface area contributed by atoms with Gasteiger partial charge in [-0.25, -0.2) is 8.42 Å². The molecule has 0 aliphatic heterocycles. The van der Waals surface area contributed by atoms with Gasteiger partial charge < -0.3 is 0 Å². The maximum Gasteiger partial charge on any atom is 0.229 e. The van der Waals surface area contributed by atoms with Crippen LogP contribution in [0.4, 0.5) is 5.69 Å². The van der Waals surface area contributed by atoms with Crippen LogP contribution in [-0.4, -0.2) is 20.5 Å². The van der Waals surface area contributed by atoms with E-state index in [1.165, 1.54) is 12.1 Å². The van der Waals surface area contributed by atoms with Gasteiger partial charge in [0.15, 0.2) is 5.78 Å². The summed E-state index contributed by atoms with van der Waals surface area (Å²) in [6.45, 7) is 3.56. The summed E-state index contributed by atoms with van der Waals surface area (Å²) in [6.07, 6.45) is 1.03. The Morgan fingerprint density at radius 2 is 1.94 bits per heavy atom. The van der Waals surface area contributed by atoms with E-state index in [0.29, 0.717) is 5.56 Å². The lowest BCUT2D eigenvalue weighted by Gasteiger charge is -2.09. The molecular formula is C11H14ClNO3S. The van der Waals surface area contributed by atoms with Crippen LogP contribution in [0.25, 0.3) is 0 Å². The standard InChI is InChI=1S/C11H14ClNO3S/c1-7(2)11(14)8-4-5-9(12)10(6-8)13-17(3,15)16/h4-7,13H,1-3H3. The van der Waals surface area contributed by atoms with E-state index in [1.807, 2.05) is 0 Å². The zero-order chi connectivity index (χ0) is 13.2. The average Bonchev–Trinajstić information content (AvgIpc) is 2.18. The number of ketones is 1. The Bertz CT molecular complexity index is 538. The zero-order valence-electron chi connectivity index (χ0n) is 9.82. The van der Waals surface area contributed by atoms with Crippen molar-refractivity contribution in [1.82, 2.24) is 0 Å². The van der Waals surface area contributed by atoms with E-state index in [-0.39, 0.29) is 22.4 Å². The number of hydrogen-bond donors (Lipinski definition) is 1. The highest BCUT2D eigenvalue weighted by molar-refractivity contribution is 7.92. The average molecular weight is 276 g/mol. The fourth-order valence-corrected chi connectivity index (χ4v) is 2.08. The molecule has 0 bridgehead atoms. The molecule has 17 heavy (non-hydrogen) atoms. The highest BCUT2D eigenvalue weighted by atomic mass is 35.5. The molecule has 0 aliphatic carbocycles. The minimum absolute atomic E-state index is 0.0572. The molecule has 1 aromatic carbocycles. The molecule has 6 heteroatoms. The second-order valence-electron chi connectivity index (χ2n) is 4.09. The van der Waals surface area contributed by atoms with E-state index in [2.05, 4.69) is 4.72 Å². The van der Waals surface area contributed by atoms with E-state index in [4.69, 9.17) is 11.6 Å². The summed E-state index contributed by atoms with van der Waals surface area (Å²) in [6, 6.07) is 4.54. The fourth-order valence-electron chi connectivity index (χ4n) is 1.29. The van der Waals surface area contributed by atoms with Gasteiger partial charge in [0.05, 0.1) is 17.0 Å². The number of rotatable bonds is 4. The molecule has 0 atom stereocenters. The minimum atomic E-state index is -3.41. The van der Waals surface area contributed by atoms with Crippen molar-refractivity contribution in [3.63, 3.8) is 0 Å². The first kappa shape index (κ1) is 14.0. The molecule has 0 fully saturated rings. The van der Waals surface area contributed by atoms with Crippen LogP contribution in [0.5, 0.6) is 0 Å². The molecule has 0 heterocycles. The van der Waals surface area contributed by atoms with Gasteiger partial charge in [-0.15, -0.1) is 0 Å². The first-order chi connectivity index (χ1) is 7.70. The van der Waals surface area contributed by atoms with Crippen LogP contribution in [0.15, 0.2) is 18.2 Å². The van der Waals surface area contributed by atoms with Gasteiger partial charge in [0, 0.05) is 11.5 Å². The van der Waals surface area contributed by atoms with Crippen molar-refractivity contribution in [2.75, 3.05) is 11.0 Å². The Morgan fingerprint density at radius 1 is 1.35 bits per heavy atom. The van der Waals surface area contributed by atoms with Gasteiger partial charge in [0.1, 0.15) is 0 Å². The SMILES string of the molecule is CC(C)C(=O)c1ccc(Cl)c(NS(C)(=O)=O)c1. The minimum Gasteiger partial charge on any atom is -0.294 e. The van der Waals surface area contributed by atoms with Crippen molar-refractivity contribution in [1.29, 1.82) is 0 Å². The van der Waals surface area contributed by atoms with Crippen LogP contribution in [0.3, 0.4) is 0 Å². The van der Waals surface area contributed by atoms with E-state index in [1.54, 1.807) is 19.9 Å². The van der Waals surface area contributed by atoms with E-state index in [0.717, 1.165) is 6.26 Å². The van der Waals surface area contributed by atoms with Crippen molar-refractivity contribution in [3.8, 4) is 0 Å². The largest absolute Gasteiger partial charge is 0.294 e. The first-order valence-electron chi connectivity index (χ1n) is 5.02. The van der Waals surface area contributed by atoms with Crippen LogP contribution >= 0.6 is 11.6 Å². The lowest BCUT2D eigenvalue weighted by Crippen LogP contribution is -2.12. The predicted octanol–water partition coefficient (Wildman–Crippen LogP) is 2.55. The molecule has 0 aromatic heterocycles. The molecule has 0 amide bonds. The number of nitrogens with one attached hydrogen (secondary N) is 1. The molecule has 4 nitrogen and oxygen atoms in total. The van der Waals surface area contributed by atoms with E-state index in [9.17, 15) is 13.2 Å². The third-order valence-corrected chi connectivity index (χ3v) is 2.99. The molecule has 1 N–H and O–H groups in total. The summed E-state index contributed by atoms with van der Waals surface area (Å²) in [5.74, 6) is -0.208. The molecule has 0 saturated carbocycles. The zero-order valence-corrected chi connectivity index (χ0v) is 11.4. The summed E-state index contributed by atoms with van der Waals surface area (Å²) >= 11 is 5.85. The fraction of sp³-hybridized carbons (Fsp3) is 0.364. The van der Waals surface area contributed by atoms with Crippen molar-refractivity contribution >= 4 is 33.1 Å². The Morgan fingerprint density at radius 3 is 2.41 bits per heavy atom. The monoisotopic (exact) mass is 275 g/mol. The summed E-state index contributed by atoms with van der Waals surface area (Å²) in [5, 5.41) is 0.260. The second-order valence-corrected chi connectivity index (χ2v) is 6.24. The number of Topliss-reactive ketones (excluding diaryl/α,β-unsaturated/α-hetero) is 1. The molecular weight excluding hydrogens is 262 g/mol. The van der Waals surface area contributed by atoms with Crippen molar-refractivity contribution in [3.05, 3.63) is 28.8 Å². The second kappa shape index (κ2) is 5.06. The van der Waals surface area contributed by atoms with Gasteiger partial charge in [0.2, 0.25) is 10.0 Å². The molecule has 1 aromatic rings. The maximum absolute atomic E-state index is 11.8. The third-order valence-electron chi connectivity index (χ3n) is 2.07. The number of carbonyl (C=O) groups excluding carboxylic acids is 1. The van der Waals surface area contributed by atoms with Gasteiger partial charge in [-0.05, 0) is 18.2 Å². The highest BCUT2D eigenvalue weighted by Gasteiger charge is 2.13. The molecule has 0 saturated heterocycles. The summed E-state index contributed by atoms with van der Waals surface area (Å²) in [7, 11) is -3.41. The number of sulfonamides is 1. The van der Waals surface area contributed by atoms with Gasteiger partial charge >= 0.3 is 0 Å². The number of anilines is 1. The number of hydrogen-bond acceptors (Lipinski definition) is 3.